The van der Waals surface area contributed by atoms with Crippen molar-refractivity contribution in [3.8, 4) is 11.5 Å². The van der Waals surface area contributed by atoms with Crippen LogP contribution in [0.3, 0.4) is 0 Å². The number of carbonyl (C=O) groups excluding carboxylic acids is 2. The van der Waals surface area contributed by atoms with E-state index in [2.05, 4.69) is 5.32 Å². The zero-order valence-electron chi connectivity index (χ0n) is 18.1. The molecule has 0 spiro atoms. The molecule has 0 aliphatic carbocycles. The van der Waals surface area contributed by atoms with Crippen LogP contribution in [0.5, 0.6) is 11.5 Å². The molecule has 30 heavy (non-hydrogen) atoms. The molecule has 0 unspecified atom stereocenters. The minimum Gasteiger partial charge on any atom is -0.497 e. The molecular formula is C23H29ClN2O4. The molecule has 0 heterocycles. The first-order valence-corrected chi connectivity index (χ1v) is 10.1. The Bertz CT molecular complexity index is 845. The van der Waals surface area contributed by atoms with Gasteiger partial charge in [-0.1, -0.05) is 23.7 Å². The van der Waals surface area contributed by atoms with Gasteiger partial charge in [-0.15, -0.1) is 0 Å². The van der Waals surface area contributed by atoms with Crippen LogP contribution in [-0.2, 0) is 16.1 Å². The Kier molecular flexibility index (Phi) is 8.12. The Morgan fingerprint density at radius 2 is 1.60 bits per heavy atom. The Balaban J connectivity index is 2.16. The van der Waals surface area contributed by atoms with Crippen molar-refractivity contribution in [2.75, 3.05) is 13.7 Å². The largest absolute Gasteiger partial charge is 0.497 e. The molecule has 2 amide bonds. The fourth-order valence-corrected chi connectivity index (χ4v) is 2.87. The summed E-state index contributed by atoms with van der Waals surface area (Å²) in [4.78, 5) is 27.2. The average Bonchev–Trinajstić information content (AvgIpc) is 2.70. The maximum atomic E-state index is 13.0. The summed E-state index contributed by atoms with van der Waals surface area (Å²) in [6.45, 7) is 7.49. The lowest BCUT2D eigenvalue weighted by atomic mass is 10.1. The van der Waals surface area contributed by atoms with Gasteiger partial charge in [-0.2, -0.15) is 0 Å². The van der Waals surface area contributed by atoms with Gasteiger partial charge < -0.3 is 19.7 Å². The van der Waals surface area contributed by atoms with E-state index in [1.165, 1.54) is 4.90 Å². The van der Waals surface area contributed by atoms with Crippen molar-refractivity contribution in [3.63, 3.8) is 0 Å². The molecule has 162 valence electrons. The lowest BCUT2D eigenvalue weighted by Crippen LogP contribution is -2.53. The van der Waals surface area contributed by atoms with E-state index in [0.717, 1.165) is 11.3 Å². The van der Waals surface area contributed by atoms with Gasteiger partial charge in [0.25, 0.3) is 5.91 Å². The maximum absolute atomic E-state index is 13.0. The summed E-state index contributed by atoms with van der Waals surface area (Å²) < 4.78 is 10.8. The Labute approximate surface area is 183 Å². The van der Waals surface area contributed by atoms with Crippen molar-refractivity contribution >= 4 is 23.4 Å². The van der Waals surface area contributed by atoms with Gasteiger partial charge in [0, 0.05) is 17.1 Å². The van der Waals surface area contributed by atoms with E-state index >= 15 is 0 Å². The molecule has 6 nitrogen and oxygen atoms in total. The molecule has 0 fully saturated rings. The molecule has 7 heteroatoms. The summed E-state index contributed by atoms with van der Waals surface area (Å²) in [6.07, 6.45) is 0. The van der Waals surface area contributed by atoms with Gasteiger partial charge in [-0.05, 0) is 69.7 Å². The highest BCUT2D eigenvalue weighted by molar-refractivity contribution is 6.30. The Hall–Kier alpha value is -2.73. The highest BCUT2D eigenvalue weighted by atomic mass is 35.5. The highest BCUT2D eigenvalue weighted by Gasteiger charge is 2.28. The Morgan fingerprint density at radius 3 is 2.13 bits per heavy atom. The molecule has 2 aromatic carbocycles. The first-order valence-electron chi connectivity index (χ1n) is 9.72. The topological polar surface area (TPSA) is 67.9 Å². The fourth-order valence-electron chi connectivity index (χ4n) is 2.74. The molecule has 2 aromatic rings. The molecule has 1 atom stereocenters. The first kappa shape index (κ1) is 23.5. The zero-order valence-corrected chi connectivity index (χ0v) is 18.8. The van der Waals surface area contributed by atoms with Crippen LogP contribution in [0, 0.1) is 0 Å². The normalized spacial score (nSPS) is 12.1. The van der Waals surface area contributed by atoms with E-state index in [1.807, 2.05) is 45.0 Å². The predicted octanol–water partition coefficient (Wildman–Crippen LogP) is 4.06. The van der Waals surface area contributed by atoms with Crippen LogP contribution >= 0.6 is 11.6 Å². The summed E-state index contributed by atoms with van der Waals surface area (Å²) in [7, 11) is 1.60. The van der Waals surface area contributed by atoms with Crippen LogP contribution in [0.25, 0.3) is 0 Å². The van der Waals surface area contributed by atoms with E-state index in [-0.39, 0.29) is 25.0 Å². The monoisotopic (exact) mass is 432 g/mol. The highest BCUT2D eigenvalue weighted by Crippen LogP contribution is 2.18. The number of halogens is 1. The number of rotatable bonds is 8. The summed E-state index contributed by atoms with van der Waals surface area (Å²) in [5, 5.41) is 3.52. The maximum Gasteiger partial charge on any atom is 0.261 e. The second-order valence-corrected chi connectivity index (χ2v) is 8.46. The van der Waals surface area contributed by atoms with Gasteiger partial charge in [0.05, 0.1) is 7.11 Å². The van der Waals surface area contributed by atoms with Crippen LogP contribution in [0.15, 0.2) is 48.5 Å². The second kappa shape index (κ2) is 10.3. The standard InChI is InChI=1S/C23H29ClN2O4/c1-16(22(28)25-23(2,3)4)26(14-17-6-10-19(29-5)11-7-17)21(27)15-30-20-12-8-18(24)9-13-20/h6-13,16H,14-15H2,1-5H3,(H,25,28)/t16-/m0/s1. The van der Waals surface area contributed by atoms with Gasteiger partial charge in [0.15, 0.2) is 6.61 Å². The van der Waals surface area contributed by atoms with Crippen molar-refractivity contribution < 1.29 is 19.1 Å². The van der Waals surface area contributed by atoms with Crippen LogP contribution in [-0.4, -0.2) is 42.0 Å². The molecule has 0 bridgehead atoms. The van der Waals surface area contributed by atoms with E-state index in [4.69, 9.17) is 21.1 Å². The van der Waals surface area contributed by atoms with Gasteiger partial charge in [0.1, 0.15) is 17.5 Å². The van der Waals surface area contributed by atoms with Crippen molar-refractivity contribution in [1.82, 2.24) is 10.2 Å². The second-order valence-electron chi connectivity index (χ2n) is 8.03. The molecular weight excluding hydrogens is 404 g/mol. The van der Waals surface area contributed by atoms with Gasteiger partial charge in [-0.25, -0.2) is 0 Å². The summed E-state index contributed by atoms with van der Waals surface area (Å²) in [6, 6.07) is 13.5. The van der Waals surface area contributed by atoms with Crippen molar-refractivity contribution in [3.05, 3.63) is 59.1 Å². The quantitative estimate of drug-likeness (QED) is 0.683. The third-order valence-corrected chi connectivity index (χ3v) is 4.61. The molecule has 0 saturated heterocycles. The average molecular weight is 433 g/mol. The van der Waals surface area contributed by atoms with E-state index in [1.54, 1.807) is 38.3 Å². The molecule has 2 rings (SSSR count). The van der Waals surface area contributed by atoms with Gasteiger partial charge in [0.2, 0.25) is 5.91 Å². The van der Waals surface area contributed by atoms with Crippen molar-refractivity contribution in [2.24, 2.45) is 0 Å². The number of nitrogens with zero attached hydrogens (tertiary/aromatic N) is 1. The number of ether oxygens (including phenoxy) is 2. The van der Waals surface area contributed by atoms with E-state index in [0.29, 0.717) is 10.8 Å². The number of benzene rings is 2. The summed E-state index contributed by atoms with van der Waals surface area (Å²) in [5.41, 5.74) is 0.478. The van der Waals surface area contributed by atoms with E-state index in [9.17, 15) is 9.59 Å². The van der Waals surface area contributed by atoms with Gasteiger partial charge >= 0.3 is 0 Å². The SMILES string of the molecule is COc1ccc(CN(C(=O)COc2ccc(Cl)cc2)[C@@H](C)C(=O)NC(C)(C)C)cc1. The molecule has 1 N–H and O–H groups in total. The number of nitrogens with one attached hydrogen (secondary N) is 1. The van der Waals surface area contributed by atoms with Gasteiger partial charge in [-0.3, -0.25) is 9.59 Å². The number of methoxy groups -OCH3 is 1. The van der Waals surface area contributed by atoms with Crippen LogP contribution in [0.1, 0.15) is 33.3 Å². The third-order valence-electron chi connectivity index (χ3n) is 4.35. The molecule has 0 saturated carbocycles. The lowest BCUT2D eigenvalue weighted by Gasteiger charge is -2.31. The number of hydrogen-bond acceptors (Lipinski definition) is 4. The van der Waals surface area contributed by atoms with Crippen molar-refractivity contribution in [2.45, 2.75) is 45.8 Å². The predicted molar refractivity (Wildman–Crippen MR) is 118 cm³/mol. The summed E-state index contributed by atoms with van der Waals surface area (Å²) >= 11 is 5.88. The number of amides is 2. The minimum atomic E-state index is -0.673. The molecule has 0 aromatic heterocycles. The molecule has 0 radical (unpaired) electrons. The Morgan fingerprint density at radius 1 is 1.03 bits per heavy atom. The fraction of sp³-hybridized carbons (Fsp3) is 0.391. The molecule has 0 aliphatic heterocycles. The zero-order chi connectivity index (χ0) is 22.3. The van der Waals surface area contributed by atoms with Crippen molar-refractivity contribution in [1.29, 1.82) is 0 Å². The van der Waals surface area contributed by atoms with E-state index < -0.39 is 11.6 Å². The molecule has 0 aliphatic rings. The lowest BCUT2D eigenvalue weighted by molar-refractivity contribution is -0.142. The van der Waals surface area contributed by atoms with Crippen LogP contribution in [0.4, 0.5) is 0 Å². The number of hydrogen-bond donors (Lipinski definition) is 1. The first-order chi connectivity index (χ1) is 14.1. The van der Waals surface area contributed by atoms with Crippen LogP contribution in [0.2, 0.25) is 5.02 Å². The third kappa shape index (κ3) is 7.26. The number of carbonyl (C=O) groups is 2. The minimum absolute atomic E-state index is 0.190. The van der Waals surface area contributed by atoms with Crippen LogP contribution < -0.4 is 14.8 Å². The summed E-state index contributed by atoms with van der Waals surface area (Å²) in [5.74, 6) is 0.735. The smallest absolute Gasteiger partial charge is 0.261 e.